The molecule has 0 aromatic carbocycles. The fourth-order valence-corrected chi connectivity index (χ4v) is 5.23. The summed E-state index contributed by atoms with van der Waals surface area (Å²) < 4.78 is 0. The van der Waals surface area contributed by atoms with Crippen molar-refractivity contribution in [3.63, 3.8) is 0 Å². The van der Waals surface area contributed by atoms with E-state index < -0.39 is 0 Å². The molecule has 0 bridgehead atoms. The summed E-state index contributed by atoms with van der Waals surface area (Å²) in [5, 5.41) is 0. The number of rotatable bonds is 2. The van der Waals surface area contributed by atoms with E-state index in [1.807, 2.05) is 0 Å². The molecule has 3 aliphatic rings. The third-order valence-corrected chi connectivity index (χ3v) is 6.53. The van der Waals surface area contributed by atoms with E-state index in [0.717, 1.165) is 23.7 Å². The first-order valence-electron chi connectivity index (χ1n) is 9.60. The summed E-state index contributed by atoms with van der Waals surface area (Å²) in [7, 11) is 0. The molecule has 1 atom stereocenters. The highest BCUT2D eigenvalue weighted by atomic mass is 14.4. The fraction of sp³-hybridized carbons (Fsp3) is 0.905. The monoisotopic (exact) mass is 290 g/mol. The van der Waals surface area contributed by atoms with Crippen LogP contribution >= 0.6 is 0 Å². The molecule has 0 heterocycles. The molecular formula is C21H38. The Morgan fingerprint density at radius 3 is 1.86 bits per heavy atom. The van der Waals surface area contributed by atoms with Gasteiger partial charge in [-0.2, -0.15) is 0 Å². The SMILES string of the molecule is C.C1=CC(C2CCC(C3CCCCC3)CC2)CCCCC1. The van der Waals surface area contributed by atoms with Crippen LogP contribution in [0.4, 0.5) is 0 Å². The average molecular weight is 291 g/mol. The molecule has 2 fully saturated rings. The second kappa shape index (κ2) is 9.01. The van der Waals surface area contributed by atoms with Gasteiger partial charge in [0.05, 0.1) is 0 Å². The molecule has 0 aromatic rings. The first kappa shape index (κ1) is 17.1. The Kier molecular flexibility index (Phi) is 7.34. The Morgan fingerprint density at radius 1 is 0.524 bits per heavy atom. The van der Waals surface area contributed by atoms with E-state index in [2.05, 4.69) is 12.2 Å². The number of allylic oxidation sites excluding steroid dienone is 2. The van der Waals surface area contributed by atoms with Gasteiger partial charge in [0.2, 0.25) is 0 Å². The minimum atomic E-state index is 0. The van der Waals surface area contributed by atoms with Crippen molar-refractivity contribution in [3.8, 4) is 0 Å². The highest BCUT2D eigenvalue weighted by molar-refractivity contribution is 4.95. The van der Waals surface area contributed by atoms with Crippen molar-refractivity contribution >= 4 is 0 Å². The van der Waals surface area contributed by atoms with Gasteiger partial charge in [0.15, 0.2) is 0 Å². The van der Waals surface area contributed by atoms with E-state index in [1.54, 1.807) is 25.7 Å². The lowest BCUT2D eigenvalue weighted by atomic mass is 9.68. The lowest BCUT2D eigenvalue weighted by molar-refractivity contribution is 0.146. The molecule has 0 aliphatic heterocycles. The highest BCUT2D eigenvalue weighted by Gasteiger charge is 2.30. The van der Waals surface area contributed by atoms with Gasteiger partial charge in [-0.3, -0.25) is 0 Å². The molecule has 2 saturated carbocycles. The van der Waals surface area contributed by atoms with Crippen LogP contribution in [-0.4, -0.2) is 0 Å². The second-order valence-electron chi connectivity index (χ2n) is 7.80. The lowest BCUT2D eigenvalue weighted by Gasteiger charge is -2.38. The van der Waals surface area contributed by atoms with Crippen LogP contribution in [0.25, 0.3) is 0 Å². The van der Waals surface area contributed by atoms with Crippen LogP contribution in [0.2, 0.25) is 0 Å². The van der Waals surface area contributed by atoms with Gasteiger partial charge >= 0.3 is 0 Å². The van der Waals surface area contributed by atoms with Crippen molar-refractivity contribution in [2.75, 3.05) is 0 Å². The van der Waals surface area contributed by atoms with Crippen molar-refractivity contribution in [1.82, 2.24) is 0 Å². The molecule has 0 aromatic heterocycles. The minimum Gasteiger partial charge on any atom is -0.0882 e. The van der Waals surface area contributed by atoms with Crippen LogP contribution in [0.15, 0.2) is 12.2 Å². The third-order valence-electron chi connectivity index (χ3n) is 6.53. The standard InChI is InChI=1S/C20H34.CH4/c1-2-5-9-17(10-6-3-1)19-13-15-20(16-14-19)18-11-7-4-8-12-18;/h5,9,17-20H,1-4,6-8,10-16H2;1H4. The van der Waals surface area contributed by atoms with E-state index in [4.69, 9.17) is 0 Å². The van der Waals surface area contributed by atoms with E-state index in [9.17, 15) is 0 Å². The van der Waals surface area contributed by atoms with Crippen molar-refractivity contribution in [1.29, 1.82) is 0 Å². The molecule has 0 saturated heterocycles. The molecular weight excluding hydrogens is 252 g/mol. The van der Waals surface area contributed by atoms with Crippen LogP contribution in [0, 0.1) is 23.7 Å². The van der Waals surface area contributed by atoms with Crippen molar-refractivity contribution in [2.24, 2.45) is 23.7 Å². The predicted octanol–water partition coefficient (Wildman–Crippen LogP) is 7.15. The molecule has 0 spiro atoms. The molecule has 0 N–H and O–H groups in total. The van der Waals surface area contributed by atoms with Gasteiger partial charge in [-0.1, -0.05) is 64.5 Å². The summed E-state index contributed by atoms with van der Waals surface area (Å²) in [5.74, 6) is 4.17. The summed E-state index contributed by atoms with van der Waals surface area (Å²) >= 11 is 0. The maximum atomic E-state index is 2.60. The van der Waals surface area contributed by atoms with Gasteiger partial charge in [0.1, 0.15) is 0 Å². The van der Waals surface area contributed by atoms with E-state index in [-0.39, 0.29) is 7.43 Å². The Balaban J connectivity index is 0.00000161. The van der Waals surface area contributed by atoms with Crippen molar-refractivity contribution in [2.45, 2.75) is 97.3 Å². The van der Waals surface area contributed by atoms with Crippen molar-refractivity contribution < 1.29 is 0 Å². The van der Waals surface area contributed by atoms with Gasteiger partial charge < -0.3 is 0 Å². The molecule has 0 heteroatoms. The van der Waals surface area contributed by atoms with Gasteiger partial charge in [0.25, 0.3) is 0 Å². The zero-order valence-electron chi connectivity index (χ0n) is 13.4. The van der Waals surface area contributed by atoms with Crippen LogP contribution in [-0.2, 0) is 0 Å². The lowest BCUT2D eigenvalue weighted by Crippen LogP contribution is -2.26. The van der Waals surface area contributed by atoms with Crippen molar-refractivity contribution in [3.05, 3.63) is 12.2 Å². The average Bonchev–Trinajstić information content (AvgIpc) is 2.48. The van der Waals surface area contributed by atoms with Gasteiger partial charge in [0, 0.05) is 0 Å². The summed E-state index contributed by atoms with van der Waals surface area (Å²) in [6, 6.07) is 0. The molecule has 21 heavy (non-hydrogen) atoms. The maximum absolute atomic E-state index is 2.60. The fourth-order valence-electron chi connectivity index (χ4n) is 5.23. The Bertz CT molecular complexity index is 289. The predicted molar refractivity (Wildman–Crippen MR) is 94.5 cm³/mol. The number of hydrogen-bond acceptors (Lipinski definition) is 0. The minimum absolute atomic E-state index is 0. The highest BCUT2D eigenvalue weighted by Crippen LogP contribution is 2.43. The Hall–Kier alpha value is -0.260. The molecule has 122 valence electrons. The summed E-state index contributed by atoms with van der Waals surface area (Å²) in [6.07, 6.45) is 26.2. The van der Waals surface area contributed by atoms with Crippen LogP contribution in [0.3, 0.4) is 0 Å². The number of hydrogen-bond donors (Lipinski definition) is 0. The Morgan fingerprint density at radius 2 is 1.10 bits per heavy atom. The van der Waals surface area contributed by atoms with Crippen LogP contribution < -0.4 is 0 Å². The zero-order valence-corrected chi connectivity index (χ0v) is 13.4. The molecule has 0 radical (unpaired) electrons. The first-order chi connectivity index (χ1) is 9.93. The topological polar surface area (TPSA) is 0 Å². The molecule has 3 aliphatic carbocycles. The molecule has 0 nitrogen and oxygen atoms in total. The van der Waals surface area contributed by atoms with E-state index >= 15 is 0 Å². The van der Waals surface area contributed by atoms with Gasteiger partial charge in [-0.25, -0.2) is 0 Å². The summed E-state index contributed by atoms with van der Waals surface area (Å²) in [5.41, 5.74) is 0. The molecule has 3 rings (SSSR count). The summed E-state index contributed by atoms with van der Waals surface area (Å²) in [4.78, 5) is 0. The molecule has 0 amide bonds. The largest absolute Gasteiger partial charge is 0.0882 e. The van der Waals surface area contributed by atoms with Crippen LogP contribution in [0.1, 0.15) is 97.3 Å². The second-order valence-corrected chi connectivity index (χ2v) is 7.80. The third kappa shape index (κ3) is 4.86. The zero-order chi connectivity index (χ0) is 13.6. The Labute approximate surface area is 133 Å². The van der Waals surface area contributed by atoms with E-state index in [0.29, 0.717) is 0 Å². The van der Waals surface area contributed by atoms with E-state index in [1.165, 1.54) is 64.2 Å². The van der Waals surface area contributed by atoms with Gasteiger partial charge in [-0.15, -0.1) is 0 Å². The molecule has 1 unspecified atom stereocenters. The maximum Gasteiger partial charge on any atom is -0.0205 e. The quantitative estimate of drug-likeness (QED) is 0.474. The summed E-state index contributed by atoms with van der Waals surface area (Å²) in [6.45, 7) is 0. The first-order valence-corrected chi connectivity index (χ1v) is 9.60. The smallest absolute Gasteiger partial charge is 0.0205 e. The normalized spacial score (nSPS) is 35.5. The van der Waals surface area contributed by atoms with Gasteiger partial charge in [-0.05, 0) is 68.6 Å². The van der Waals surface area contributed by atoms with Crippen LogP contribution in [0.5, 0.6) is 0 Å².